The van der Waals surface area contributed by atoms with Gasteiger partial charge in [0.15, 0.2) is 0 Å². The molecule has 1 amide bonds. The zero-order valence-corrected chi connectivity index (χ0v) is 10.4. The largest absolute Gasteiger partial charge is 0.493 e. The summed E-state index contributed by atoms with van der Waals surface area (Å²) in [5, 5.41) is 13.3. The Bertz CT molecular complexity index is 446. The van der Waals surface area contributed by atoms with Crippen molar-refractivity contribution >= 4 is 17.3 Å². The van der Waals surface area contributed by atoms with Gasteiger partial charge in [0.25, 0.3) is 5.69 Å². The lowest BCUT2D eigenvalue weighted by Gasteiger charge is -2.07. The summed E-state index contributed by atoms with van der Waals surface area (Å²) in [6.07, 6.45) is 1.88. The average molecular weight is 252 g/mol. The van der Waals surface area contributed by atoms with Gasteiger partial charge in [0.05, 0.1) is 17.6 Å². The lowest BCUT2D eigenvalue weighted by atomic mass is 10.2. The summed E-state index contributed by atoms with van der Waals surface area (Å²) in [7, 11) is 0. The summed E-state index contributed by atoms with van der Waals surface area (Å²) < 4.78 is 5.38. The van der Waals surface area contributed by atoms with Crippen molar-refractivity contribution in [1.82, 2.24) is 0 Å². The molecular weight excluding hydrogens is 236 g/mol. The van der Waals surface area contributed by atoms with Crippen LogP contribution in [0.3, 0.4) is 0 Å². The fourth-order valence-electron chi connectivity index (χ4n) is 1.38. The SMILES string of the molecule is CCCCOc1ccc(NC(C)=O)c([N+](=O)[O-])c1. The fraction of sp³-hybridized carbons (Fsp3) is 0.417. The third-order valence-corrected chi connectivity index (χ3v) is 2.24. The van der Waals surface area contributed by atoms with Crippen LogP contribution in [0.25, 0.3) is 0 Å². The molecule has 6 heteroatoms. The molecule has 0 fully saturated rings. The van der Waals surface area contributed by atoms with Crippen LogP contribution >= 0.6 is 0 Å². The molecule has 0 aliphatic rings. The van der Waals surface area contributed by atoms with Crippen molar-refractivity contribution in [1.29, 1.82) is 0 Å². The molecule has 1 rings (SSSR count). The van der Waals surface area contributed by atoms with Crippen LogP contribution in [-0.4, -0.2) is 17.4 Å². The van der Waals surface area contributed by atoms with Gasteiger partial charge in [0.1, 0.15) is 11.4 Å². The maximum Gasteiger partial charge on any atom is 0.296 e. The highest BCUT2D eigenvalue weighted by Gasteiger charge is 2.16. The molecule has 1 aromatic rings. The van der Waals surface area contributed by atoms with E-state index in [4.69, 9.17) is 4.74 Å². The summed E-state index contributed by atoms with van der Waals surface area (Å²) in [5.41, 5.74) is 0.00883. The van der Waals surface area contributed by atoms with Crippen LogP contribution in [0.15, 0.2) is 18.2 Å². The summed E-state index contributed by atoms with van der Waals surface area (Å²) in [6.45, 7) is 3.86. The monoisotopic (exact) mass is 252 g/mol. The predicted octanol–water partition coefficient (Wildman–Crippen LogP) is 2.73. The van der Waals surface area contributed by atoms with E-state index in [-0.39, 0.29) is 17.3 Å². The van der Waals surface area contributed by atoms with E-state index in [0.29, 0.717) is 12.4 Å². The quantitative estimate of drug-likeness (QED) is 0.479. The second-order valence-corrected chi connectivity index (χ2v) is 3.82. The Labute approximate surface area is 105 Å². The number of benzene rings is 1. The van der Waals surface area contributed by atoms with Crippen molar-refractivity contribution in [2.24, 2.45) is 0 Å². The van der Waals surface area contributed by atoms with E-state index in [0.717, 1.165) is 12.8 Å². The highest BCUT2D eigenvalue weighted by atomic mass is 16.6. The Morgan fingerprint density at radius 2 is 2.22 bits per heavy atom. The number of hydrogen-bond acceptors (Lipinski definition) is 4. The molecule has 0 saturated heterocycles. The number of carbonyl (C=O) groups excluding carboxylic acids is 1. The molecule has 0 spiro atoms. The van der Waals surface area contributed by atoms with Gasteiger partial charge in [-0.05, 0) is 18.6 Å². The molecule has 0 atom stereocenters. The number of nitro groups is 1. The van der Waals surface area contributed by atoms with Gasteiger partial charge in [-0.3, -0.25) is 14.9 Å². The van der Waals surface area contributed by atoms with Crippen LogP contribution in [0.1, 0.15) is 26.7 Å². The number of nitro benzene ring substituents is 1. The number of unbranched alkanes of at least 4 members (excludes halogenated alkanes) is 1. The van der Waals surface area contributed by atoms with Crippen molar-refractivity contribution in [3.63, 3.8) is 0 Å². The zero-order chi connectivity index (χ0) is 13.5. The Kier molecular flexibility index (Phi) is 5.10. The normalized spacial score (nSPS) is 9.89. The minimum atomic E-state index is -0.544. The number of hydrogen-bond donors (Lipinski definition) is 1. The Balaban J connectivity index is 2.89. The number of amides is 1. The number of ether oxygens (including phenoxy) is 1. The summed E-state index contributed by atoms with van der Waals surface area (Å²) in [4.78, 5) is 21.3. The number of nitrogens with zero attached hydrogens (tertiary/aromatic N) is 1. The first-order chi connectivity index (χ1) is 8.54. The van der Waals surface area contributed by atoms with Gasteiger partial charge in [-0.2, -0.15) is 0 Å². The van der Waals surface area contributed by atoms with Crippen LogP contribution < -0.4 is 10.1 Å². The average Bonchev–Trinajstić information content (AvgIpc) is 2.30. The maximum atomic E-state index is 10.9. The molecular formula is C12H16N2O4. The van der Waals surface area contributed by atoms with Crippen LogP contribution in [0.4, 0.5) is 11.4 Å². The van der Waals surface area contributed by atoms with Crippen molar-refractivity contribution in [3.05, 3.63) is 28.3 Å². The molecule has 0 heterocycles. The highest BCUT2D eigenvalue weighted by Crippen LogP contribution is 2.29. The molecule has 0 aliphatic carbocycles. The second-order valence-electron chi connectivity index (χ2n) is 3.82. The summed E-state index contributed by atoms with van der Waals surface area (Å²) >= 11 is 0. The molecule has 0 aliphatic heterocycles. The van der Waals surface area contributed by atoms with Crippen LogP contribution in [-0.2, 0) is 4.79 Å². The molecule has 0 unspecified atom stereocenters. The van der Waals surface area contributed by atoms with Crippen molar-refractivity contribution < 1.29 is 14.5 Å². The Morgan fingerprint density at radius 1 is 1.50 bits per heavy atom. The second kappa shape index (κ2) is 6.58. The van der Waals surface area contributed by atoms with Gasteiger partial charge in [0, 0.05) is 6.92 Å². The first-order valence-electron chi connectivity index (χ1n) is 5.73. The molecule has 1 aromatic carbocycles. The lowest BCUT2D eigenvalue weighted by Crippen LogP contribution is -2.08. The minimum Gasteiger partial charge on any atom is -0.493 e. The number of anilines is 1. The van der Waals surface area contributed by atoms with E-state index >= 15 is 0 Å². The third kappa shape index (κ3) is 4.04. The minimum absolute atomic E-state index is 0.167. The standard InChI is InChI=1S/C12H16N2O4/c1-3-4-7-18-10-5-6-11(13-9(2)15)12(8-10)14(16)17/h5-6,8H,3-4,7H2,1-2H3,(H,13,15). The van der Waals surface area contributed by atoms with Gasteiger partial charge in [0.2, 0.25) is 5.91 Å². The third-order valence-electron chi connectivity index (χ3n) is 2.24. The van der Waals surface area contributed by atoms with Gasteiger partial charge in [-0.1, -0.05) is 13.3 Å². The van der Waals surface area contributed by atoms with E-state index in [2.05, 4.69) is 5.32 Å². The smallest absolute Gasteiger partial charge is 0.296 e. The molecule has 0 bridgehead atoms. The molecule has 6 nitrogen and oxygen atoms in total. The number of carbonyl (C=O) groups is 1. The molecule has 0 saturated carbocycles. The first kappa shape index (κ1) is 14.0. The van der Waals surface area contributed by atoms with E-state index in [9.17, 15) is 14.9 Å². The predicted molar refractivity (Wildman–Crippen MR) is 67.8 cm³/mol. The number of rotatable bonds is 6. The lowest BCUT2D eigenvalue weighted by molar-refractivity contribution is -0.384. The maximum absolute atomic E-state index is 10.9. The van der Waals surface area contributed by atoms with Crippen LogP contribution in [0, 0.1) is 10.1 Å². The zero-order valence-electron chi connectivity index (χ0n) is 10.4. The van der Waals surface area contributed by atoms with Gasteiger partial charge < -0.3 is 10.1 Å². The number of nitrogens with one attached hydrogen (secondary N) is 1. The molecule has 0 radical (unpaired) electrons. The molecule has 18 heavy (non-hydrogen) atoms. The topological polar surface area (TPSA) is 81.5 Å². The van der Waals surface area contributed by atoms with Gasteiger partial charge in [-0.15, -0.1) is 0 Å². The molecule has 98 valence electrons. The van der Waals surface area contributed by atoms with E-state index < -0.39 is 4.92 Å². The van der Waals surface area contributed by atoms with Crippen LogP contribution in [0.2, 0.25) is 0 Å². The van der Waals surface area contributed by atoms with E-state index in [1.165, 1.54) is 19.1 Å². The van der Waals surface area contributed by atoms with Crippen molar-refractivity contribution in [2.45, 2.75) is 26.7 Å². The molecule has 0 aromatic heterocycles. The first-order valence-corrected chi connectivity index (χ1v) is 5.73. The fourth-order valence-corrected chi connectivity index (χ4v) is 1.38. The van der Waals surface area contributed by atoms with Crippen LogP contribution in [0.5, 0.6) is 5.75 Å². The van der Waals surface area contributed by atoms with Gasteiger partial charge >= 0.3 is 0 Å². The molecule has 1 N–H and O–H groups in total. The summed E-state index contributed by atoms with van der Waals surface area (Å²) in [5.74, 6) is 0.0852. The Morgan fingerprint density at radius 3 is 2.78 bits per heavy atom. The van der Waals surface area contributed by atoms with E-state index in [1.807, 2.05) is 6.92 Å². The Hall–Kier alpha value is -2.11. The highest BCUT2D eigenvalue weighted by molar-refractivity contribution is 5.91. The van der Waals surface area contributed by atoms with E-state index in [1.54, 1.807) is 6.07 Å². The van der Waals surface area contributed by atoms with Crippen molar-refractivity contribution in [2.75, 3.05) is 11.9 Å². The van der Waals surface area contributed by atoms with Crippen molar-refractivity contribution in [3.8, 4) is 5.75 Å². The van der Waals surface area contributed by atoms with Gasteiger partial charge in [-0.25, -0.2) is 0 Å². The summed E-state index contributed by atoms with van der Waals surface area (Å²) in [6, 6.07) is 4.40.